The molecule has 1 radical (unpaired) electrons. The standard InChI is InChI=1S/C23H23F2Si/c1-14-12-15(2)21(16(3)13-14)17-8-6-9-18(23(17)26(4)5)22-19(24)10-7-11-20(22)25/h6-13H,1-5H3. The Kier molecular flexibility index (Phi) is 5.10. The molecule has 0 saturated heterocycles. The maximum Gasteiger partial charge on any atom is 0.133 e. The van der Waals surface area contributed by atoms with Gasteiger partial charge in [0.05, 0.1) is 14.4 Å². The number of hydrogen-bond acceptors (Lipinski definition) is 0. The van der Waals surface area contributed by atoms with Gasteiger partial charge in [-0.05, 0) is 65.9 Å². The highest BCUT2D eigenvalue weighted by atomic mass is 28.3. The normalized spacial score (nSPS) is 11.2. The number of hydrogen-bond donors (Lipinski definition) is 0. The van der Waals surface area contributed by atoms with E-state index in [9.17, 15) is 8.78 Å². The van der Waals surface area contributed by atoms with Crippen LogP contribution in [0.5, 0.6) is 0 Å². The summed E-state index contributed by atoms with van der Waals surface area (Å²) in [4.78, 5) is 0. The van der Waals surface area contributed by atoms with Crippen LogP contribution in [0.2, 0.25) is 13.1 Å². The maximum atomic E-state index is 14.5. The Morgan fingerprint density at radius 1 is 0.692 bits per heavy atom. The quantitative estimate of drug-likeness (QED) is 0.486. The van der Waals surface area contributed by atoms with Crippen molar-refractivity contribution in [3.8, 4) is 22.3 Å². The van der Waals surface area contributed by atoms with Crippen LogP contribution in [0, 0.1) is 32.4 Å². The fourth-order valence-corrected chi connectivity index (χ4v) is 5.36. The van der Waals surface area contributed by atoms with Gasteiger partial charge in [0.15, 0.2) is 0 Å². The maximum absolute atomic E-state index is 14.5. The van der Waals surface area contributed by atoms with Gasteiger partial charge in [-0.3, -0.25) is 0 Å². The lowest BCUT2D eigenvalue weighted by Crippen LogP contribution is -2.28. The molecule has 0 N–H and O–H groups in total. The van der Waals surface area contributed by atoms with Gasteiger partial charge in [0, 0.05) is 0 Å². The van der Waals surface area contributed by atoms with Crippen molar-refractivity contribution in [3.05, 3.63) is 76.9 Å². The Morgan fingerprint density at radius 2 is 1.15 bits per heavy atom. The van der Waals surface area contributed by atoms with E-state index in [1.807, 2.05) is 12.1 Å². The average molecular weight is 366 g/mol. The fourth-order valence-electron chi connectivity index (χ4n) is 3.87. The second-order valence-corrected chi connectivity index (χ2v) is 9.60. The van der Waals surface area contributed by atoms with E-state index in [1.54, 1.807) is 0 Å². The Balaban J connectivity index is 2.38. The summed E-state index contributed by atoms with van der Waals surface area (Å²) in [6.45, 7) is 10.6. The van der Waals surface area contributed by atoms with E-state index in [-0.39, 0.29) is 5.56 Å². The highest BCUT2D eigenvalue weighted by Crippen LogP contribution is 2.32. The zero-order valence-corrected chi connectivity index (χ0v) is 16.9. The minimum absolute atomic E-state index is 0.0815. The number of rotatable bonds is 3. The van der Waals surface area contributed by atoms with Crippen molar-refractivity contribution in [1.82, 2.24) is 0 Å². The summed E-state index contributed by atoms with van der Waals surface area (Å²) in [6.07, 6.45) is 0. The molecule has 3 rings (SSSR count). The van der Waals surface area contributed by atoms with E-state index in [0.29, 0.717) is 5.56 Å². The molecule has 133 valence electrons. The number of aryl methyl sites for hydroxylation is 3. The van der Waals surface area contributed by atoms with E-state index in [1.165, 1.54) is 40.5 Å². The predicted molar refractivity (Wildman–Crippen MR) is 109 cm³/mol. The summed E-state index contributed by atoms with van der Waals surface area (Å²) in [5.41, 5.74) is 6.64. The van der Waals surface area contributed by atoms with Crippen LogP contribution in [0.1, 0.15) is 16.7 Å². The molecule has 0 spiro atoms. The smallest absolute Gasteiger partial charge is 0.133 e. The van der Waals surface area contributed by atoms with Crippen molar-refractivity contribution in [1.29, 1.82) is 0 Å². The molecular weight excluding hydrogens is 342 g/mol. The van der Waals surface area contributed by atoms with E-state index in [0.717, 1.165) is 10.8 Å². The summed E-state index contributed by atoms with van der Waals surface area (Å²) in [5, 5.41) is 1.08. The Labute approximate surface area is 156 Å². The zero-order valence-electron chi connectivity index (χ0n) is 15.9. The molecule has 0 amide bonds. The molecule has 0 nitrogen and oxygen atoms in total. The minimum Gasteiger partial charge on any atom is -0.206 e. The zero-order chi connectivity index (χ0) is 19.0. The van der Waals surface area contributed by atoms with Crippen LogP contribution in [0.15, 0.2) is 48.5 Å². The van der Waals surface area contributed by atoms with E-state index in [4.69, 9.17) is 0 Å². The van der Waals surface area contributed by atoms with Gasteiger partial charge in [0.25, 0.3) is 0 Å². The molecular formula is C23H23F2Si. The second-order valence-electron chi connectivity index (χ2n) is 7.10. The first-order valence-electron chi connectivity index (χ1n) is 8.77. The highest BCUT2D eigenvalue weighted by Gasteiger charge is 2.21. The van der Waals surface area contributed by atoms with Crippen LogP contribution in [0.3, 0.4) is 0 Å². The van der Waals surface area contributed by atoms with Crippen molar-refractivity contribution in [3.63, 3.8) is 0 Å². The summed E-state index contributed by atoms with van der Waals surface area (Å²) in [5.74, 6) is -1.02. The van der Waals surface area contributed by atoms with E-state index < -0.39 is 20.4 Å². The summed E-state index contributed by atoms with van der Waals surface area (Å²) >= 11 is 0. The SMILES string of the molecule is Cc1cc(C)c(-c2cccc(-c3c(F)cccc3F)c2[Si](C)C)c(C)c1. The Hall–Kier alpha value is -2.26. The number of halogens is 2. The van der Waals surface area contributed by atoms with E-state index >= 15 is 0 Å². The average Bonchev–Trinajstić information content (AvgIpc) is 2.53. The molecule has 0 saturated carbocycles. The topological polar surface area (TPSA) is 0 Å². The molecule has 3 heteroatoms. The van der Waals surface area contributed by atoms with Gasteiger partial charge < -0.3 is 0 Å². The van der Waals surface area contributed by atoms with Crippen LogP contribution >= 0.6 is 0 Å². The van der Waals surface area contributed by atoms with Crippen molar-refractivity contribution in [2.45, 2.75) is 33.9 Å². The fraction of sp³-hybridized carbons (Fsp3) is 0.217. The molecule has 0 aliphatic rings. The van der Waals surface area contributed by atoms with Gasteiger partial charge in [0.2, 0.25) is 0 Å². The van der Waals surface area contributed by atoms with Gasteiger partial charge in [0.1, 0.15) is 11.6 Å². The lowest BCUT2D eigenvalue weighted by molar-refractivity contribution is 0.590. The van der Waals surface area contributed by atoms with Crippen LogP contribution in [-0.2, 0) is 0 Å². The molecule has 0 unspecified atom stereocenters. The van der Waals surface area contributed by atoms with Crippen molar-refractivity contribution in [2.24, 2.45) is 0 Å². The molecule has 0 bridgehead atoms. The minimum atomic E-state index is -0.975. The van der Waals surface area contributed by atoms with Crippen molar-refractivity contribution < 1.29 is 8.78 Å². The van der Waals surface area contributed by atoms with Crippen LogP contribution in [-0.4, -0.2) is 8.80 Å². The first-order chi connectivity index (χ1) is 12.3. The molecule has 0 aromatic heterocycles. The summed E-state index contributed by atoms with van der Waals surface area (Å²) in [7, 11) is -0.975. The van der Waals surface area contributed by atoms with Crippen molar-refractivity contribution >= 4 is 14.0 Å². The Morgan fingerprint density at radius 3 is 1.65 bits per heavy atom. The van der Waals surface area contributed by atoms with Gasteiger partial charge in [-0.15, -0.1) is 0 Å². The van der Waals surface area contributed by atoms with Gasteiger partial charge >= 0.3 is 0 Å². The Bertz CT molecular complexity index is 931. The third-order valence-electron chi connectivity index (χ3n) is 4.74. The lowest BCUT2D eigenvalue weighted by atomic mass is 9.91. The molecule has 0 aliphatic carbocycles. The lowest BCUT2D eigenvalue weighted by Gasteiger charge is -2.21. The van der Waals surface area contributed by atoms with Gasteiger partial charge in [-0.25, -0.2) is 8.78 Å². The first-order valence-corrected chi connectivity index (χ1v) is 11.3. The van der Waals surface area contributed by atoms with E-state index in [2.05, 4.69) is 52.1 Å². The molecule has 0 atom stereocenters. The summed E-state index contributed by atoms with van der Waals surface area (Å²) in [6, 6.07) is 14.2. The molecule has 0 heterocycles. The molecule has 3 aromatic rings. The predicted octanol–water partition coefficient (Wildman–Crippen LogP) is 6.19. The van der Waals surface area contributed by atoms with Crippen molar-refractivity contribution in [2.75, 3.05) is 0 Å². The van der Waals surface area contributed by atoms with Crippen LogP contribution in [0.4, 0.5) is 8.78 Å². The highest BCUT2D eigenvalue weighted by molar-refractivity contribution is 6.73. The van der Waals surface area contributed by atoms with Crippen LogP contribution < -0.4 is 5.19 Å². The monoisotopic (exact) mass is 365 g/mol. The molecule has 3 aromatic carbocycles. The largest absolute Gasteiger partial charge is 0.206 e. The molecule has 0 fully saturated rings. The molecule has 26 heavy (non-hydrogen) atoms. The third kappa shape index (κ3) is 3.24. The second kappa shape index (κ2) is 7.16. The van der Waals surface area contributed by atoms with Gasteiger partial charge in [-0.1, -0.05) is 55.1 Å². The van der Waals surface area contributed by atoms with Gasteiger partial charge in [-0.2, -0.15) is 0 Å². The number of benzene rings is 3. The molecule has 0 aliphatic heterocycles. The summed E-state index contributed by atoms with van der Waals surface area (Å²) < 4.78 is 29.0. The third-order valence-corrected chi connectivity index (χ3v) is 6.28. The van der Waals surface area contributed by atoms with Crippen LogP contribution in [0.25, 0.3) is 22.3 Å². The first kappa shape index (κ1) is 18.5.